The molecule has 1 atom stereocenters. The lowest BCUT2D eigenvalue weighted by atomic mass is 9.97. The summed E-state index contributed by atoms with van der Waals surface area (Å²) in [4.78, 5) is 17.1. The molecule has 0 fully saturated rings. The van der Waals surface area contributed by atoms with Gasteiger partial charge in [-0.15, -0.1) is 0 Å². The Morgan fingerprint density at radius 1 is 1.07 bits per heavy atom. The van der Waals surface area contributed by atoms with E-state index in [-0.39, 0.29) is 17.7 Å². The number of hydrogen-bond donors (Lipinski definition) is 1. The van der Waals surface area contributed by atoms with Gasteiger partial charge in [0.2, 0.25) is 0 Å². The molecular formula is C21H16BrN3O2. The van der Waals surface area contributed by atoms with Crippen molar-refractivity contribution in [1.82, 2.24) is 9.99 Å². The van der Waals surface area contributed by atoms with Crippen molar-refractivity contribution < 1.29 is 9.90 Å². The molecule has 1 aliphatic rings. The van der Waals surface area contributed by atoms with E-state index in [1.54, 1.807) is 30.5 Å². The Balaban J connectivity index is 1.75. The van der Waals surface area contributed by atoms with E-state index in [2.05, 4.69) is 26.0 Å². The number of nitrogens with zero attached hydrogens (tertiary/aromatic N) is 3. The van der Waals surface area contributed by atoms with Crippen LogP contribution in [0.25, 0.3) is 0 Å². The summed E-state index contributed by atoms with van der Waals surface area (Å²) < 4.78 is 0.977. The second kappa shape index (κ2) is 7.32. The molecule has 0 radical (unpaired) electrons. The van der Waals surface area contributed by atoms with Crippen molar-refractivity contribution in [3.8, 4) is 5.75 Å². The Labute approximate surface area is 165 Å². The van der Waals surface area contributed by atoms with Crippen LogP contribution in [0.5, 0.6) is 5.75 Å². The van der Waals surface area contributed by atoms with Gasteiger partial charge in [-0.25, -0.2) is 5.01 Å². The monoisotopic (exact) mass is 421 g/mol. The highest BCUT2D eigenvalue weighted by molar-refractivity contribution is 9.10. The predicted octanol–water partition coefficient (Wildman–Crippen LogP) is 4.54. The number of hydrazone groups is 1. The number of amides is 1. The largest absolute Gasteiger partial charge is 0.508 e. The normalized spacial score (nSPS) is 16.3. The van der Waals surface area contributed by atoms with Crippen molar-refractivity contribution in [3.63, 3.8) is 0 Å². The molecule has 1 N–H and O–H groups in total. The zero-order valence-electron chi connectivity index (χ0n) is 14.3. The first-order valence-electron chi connectivity index (χ1n) is 8.48. The van der Waals surface area contributed by atoms with Crippen molar-refractivity contribution in [1.29, 1.82) is 0 Å². The van der Waals surface area contributed by atoms with Gasteiger partial charge < -0.3 is 5.11 Å². The summed E-state index contributed by atoms with van der Waals surface area (Å²) in [6.45, 7) is 0. The van der Waals surface area contributed by atoms with E-state index in [1.807, 2.05) is 36.4 Å². The van der Waals surface area contributed by atoms with E-state index in [4.69, 9.17) is 0 Å². The Kier molecular flexibility index (Phi) is 4.73. The Morgan fingerprint density at radius 3 is 2.56 bits per heavy atom. The minimum atomic E-state index is -0.377. The Bertz CT molecular complexity index is 1000. The lowest BCUT2D eigenvalue weighted by Gasteiger charge is -2.22. The number of rotatable bonds is 3. The predicted molar refractivity (Wildman–Crippen MR) is 107 cm³/mol. The van der Waals surface area contributed by atoms with E-state index >= 15 is 0 Å². The van der Waals surface area contributed by atoms with Crippen LogP contribution in [-0.4, -0.2) is 26.7 Å². The van der Waals surface area contributed by atoms with E-state index in [9.17, 15) is 9.90 Å². The summed E-state index contributed by atoms with van der Waals surface area (Å²) in [5, 5.41) is 16.4. The van der Waals surface area contributed by atoms with Crippen LogP contribution in [0.2, 0.25) is 0 Å². The minimum absolute atomic E-state index is 0.152. The third-order valence-corrected chi connectivity index (χ3v) is 5.03. The zero-order chi connectivity index (χ0) is 18.8. The quantitative estimate of drug-likeness (QED) is 0.674. The molecule has 0 bridgehead atoms. The van der Waals surface area contributed by atoms with Crippen molar-refractivity contribution in [2.24, 2.45) is 5.10 Å². The molecule has 0 unspecified atom stereocenters. The molecule has 0 spiro atoms. The minimum Gasteiger partial charge on any atom is -0.508 e. The van der Waals surface area contributed by atoms with Gasteiger partial charge in [-0.2, -0.15) is 5.10 Å². The lowest BCUT2D eigenvalue weighted by molar-refractivity contribution is 0.0709. The number of hydrogen-bond acceptors (Lipinski definition) is 4. The number of phenols is 1. The molecule has 2 aromatic carbocycles. The molecule has 5 nitrogen and oxygen atoms in total. The summed E-state index contributed by atoms with van der Waals surface area (Å²) in [6, 6.07) is 17.9. The Hall–Kier alpha value is -2.99. The Morgan fingerprint density at radius 2 is 1.85 bits per heavy atom. The first kappa shape index (κ1) is 17.4. The molecule has 0 aliphatic carbocycles. The van der Waals surface area contributed by atoms with Crippen LogP contribution in [0.1, 0.15) is 33.9 Å². The van der Waals surface area contributed by atoms with Crippen molar-refractivity contribution in [2.75, 3.05) is 0 Å². The highest BCUT2D eigenvalue weighted by Crippen LogP contribution is 2.37. The average molecular weight is 422 g/mol. The van der Waals surface area contributed by atoms with Gasteiger partial charge in [0.15, 0.2) is 0 Å². The van der Waals surface area contributed by atoms with Crippen LogP contribution in [0, 0.1) is 0 Å². The molecule has 1 aromatic heterocycles. The van der Waals surface area contributed by atoms with Gasteiger partial charge in [-0.05, 0) is 35.9 Å². The van der Waals surface area contributed by atoms with Crippen molar-refractivity contribution >= 4 is 27.5 Å². The summed E-state index contributed by atoms with van der Waals surface area (Å²) in [6.07, 6.45) is 3.67. The fourth-order valence-electron chi connectivity index (χ4n) is 3.15. The van der Waals surface area contributed by atoms with Crippen LogP contribution in [-0.2, 0) is 0 Å². The molecule has 3 aromatic rings. The van der Waals surface area contributed by atoms with Gasteiger partial charge in [0.1, 0.15) is 5.75 Å². The zero-order valence-corrected chi connectivity index (χ0v) is 15.9. The van der Waals surface area contributed by atoms with Crippen LogP contribution >= 0.6 is 15.9 Å². The fraction of sp³-hybridized carbons (Fsp3) is 0.0952. The number of benzene rings is 2. The number of aromatic nitrogens is 1. The standard InChI is InChI=1S/C21H16BrN3O2/c22-16-9-7-14(8-10-16)18-12-19(17-5-1-2-6-20(17)26)25(24-18)21(27)15-4-3-11-23-13-15/h1-11,13,19,26H,12H2/t19-/m0/s1. The number of carbonyl (C=O) groups is 1. The van der Waals surface area contributed by atoms with Crippen LogP contribution in [0.4, 0.5) is 0 Å². The number of aromatic hydroxyl groups is 1. The number of para-hydroxylation sites is 1. The van der Waals surface area contributed by atoms with Gasteiger partial charge in [0, 0.05) is 28.9 Å². The molecule has 27 heavy (non-hydrogen) atoms. The third kappa shape index (κ3) is 3.48. The maximum Gasteiger partial charge on any atom is 0.276 e. The lowest BCUT2D eigenvalue weighted by Crippen LogP contribution is -2.27. The maximum atomic E-state index is 13.1. The molecule has 0 saturated carbocycles. The van der Waals surface area contributed by atoms with Gasteiger partial charge in [-0.3, -0.25) is 9.78 Å². The average Bonchev–Trinajstić information content (AvgIpc) is 3.14. The van der Waals surface area contributed by atoms with E-state index in [1.165, 1.54) is 11.2 Å². The topological polar surface area (TPSA) is 65.8 Å². The van der Waals surface area contributed by atoms with E-state index in [0.29, 0.717) is 17.5 Å². The second-order valence-corrected chi connectivity index (χ2v) is 7.14. The molecule has 6 heteroatoms. The van der Waals surface area contributed by atoms with Crippen molar-refractivity contribution in [3.05, 3.63) is 94.2 Å². The summed E-state index contributed by atoms with van der Waals surface area (Å²) in [5.41, 5.74) is 2.87. The highest BCUT2D eigenvalue weighted by atomic mass is 79.9. The molecular weight excluding hydrogens is 406 g/mol. The second-order valence-electron chi connectivity index (χ2n) is 6.22. The SMILES string of the molecule is O=C(c1cccnc1)N1N=C(c2ccc(Br)cc2)C[C@H]1c1ccccc1O. The summed E-state index contributed by atoms with van der Waals surface area (Å²) in [5.74, 6) is -0.0952. The van der Waals surface area contributed by atoms with Gasteiger partial charge >= 0.3 is 0 Å². The van der Waals surface area contributed by atoms with Gasteiger partial charge in [0.25, 0.3) is 5.91 Å². The van der Waals surface area contributed by atoms with Crippen LogP contribution < -0.4 is 0 Å². The number of halogens is 1. The molecule has 1 amide bonds. The number of pyridine rings is 1. The molecule has 0 saturated heterocycles. The molecule has 2 heterocycles. The first-order chi connectivity index (χ1) is 13.1. The summed E-state index contributed by atoms with van der Waals surface area (Å²) >= 11 is 3.43. The summed E-state index contributed by atoms with van der Waals surface area (Å²) in [7, 11) is 0. The number of phenolic OH excluding ortho intramolecular Hbond substituents is 1. The van der Waals surface area contributed by atoms with Gasteiger partial charge in [0.05, 0.1) is 17.3 Å². The number of carbonyl (C=O) groups excluding carboxylic acids is 1. The highest BCUT2D eigenvalue weighted by Gasteiger charge is 2.35. The van der Waals surface area contributed by atoms with Crippen molar-refractivity contribution in [2.45, 2.75) is 12.5 Å². The maximum absolute atomic E-state index is 13.1. The third-order valence-electron chi connectivity index (χ3n) is 4.50. The smallest absolute Gasteiger partial charge is 0.276 e. The molecule has 4 rings (SSSR count). The van der Waals surface area contributed by atoms with Crippen LogP contribution in [0.15, 0.2) is 82.6 Å². The van der Waals surface area contributed by atoms with E-state index in [0.717, 1.165) is 15.7 Å². The molecule has 1 aliphatic heterocycles. The fourth-order valence-corrected chi connectivity index (χ4v) is 3.41. The van der Waals surface area contributed by atoms with Gasteiger partial charge in [-0.1, -0.05) is 46.3 Å². The van der Waals surface area contributed by atoms with E-state index < -0.39 is 0 Å². The molecule has 134 valence electrons. The first-order valence-corrected chi connectivity index (χ1v) is 9.27. The van der Waals surface area contributed by atoms with Crippen LogP contribution in [0.3, 0.4) is 0 Å².